The molecule has 9 heteroatoms. The van der Waals surface area contributed by atoms with Crippen LogP contribution in [0, 0.1) is 17.5 Å². The number of nitrogens with one attached hydrogen (secondary N) is 1. The normalized spacial score (nSPS) is 12.7. The lowest BCUT2D eigenvalue weighted by atomic mass is 10.2. The predicted molar refractivity (Wildman–Crippen MR) is 88.5 cm³/mol. The lowest BCUT2D eigenvalue weighted by Crippen LogP contribution is -2.33. The van der Waals surface area contributed by atoms with Gasteiger partial charge in [-0.15, -0.1) is 0 Å². The van der Waals surface area contributed by atoms with Crippen LogP contribution in [0.15, 0.2) is 36.4 Å². The highest BCUT2D eigenvalue weighted by molar-refractivity contribution is 7.92. The Kier molecular flexibility index (Phi) is 5.74. The highest BCUT2D eigenvalue weighted by atomic mass is 35.5. The van der Waals surface area contributed by atoms with Gasteiger partial charge in [-0.3, -0.25) is 4.79 Å². The van der Waals surface area contributed by atoms with Crippen LogP contribution < -0.4 is 5.32 Å². The van der Waals surface area contributed by atoms with Gasteiger partial charge in [-0.05, 0) is 42.8 Å². The summed E-state index contributed by atoms with van der Waals surface area (Å²) in [6, 6.07) is 6.16. The number of hydrogen-bond acceptors (Lipinski definition) is 3. The van der Waals surface area contributed by atoms with Gasteiger partial charge in [0, 0.05) is 5.02 Å². The van der Waals surface area contributed by atoms with E-state index in [2.05, 4.69) is 5.32 Å². The van der Waals surface area contributed by atoms with Gasteiger partial charge in [0.1, 0.15) is 11.1 Å². The summed E-state index contributed by atoms with van der Waals surface area (Å²) in [6.45, 7) is 1.12. The third-order valence-corrected chi connectivity index (χ3v) is 5.71. The van der Waals surface area contributed by atoms with Crippen LogP contribution in [0.1, 0.15) is 12.5 Å². The van der Waals surface area contributed by atoms with Crippen LogP contribution in [0.3, 0.4) is 0 Å². The predicted octanol–water partition coefficient (Wildman–Crippen LogP) is 3.70. The summed E-state index contributed by atoms with van der Waals surface area (Å²) in [5.41, 5.74) is -0.222. The second-order valence-corrected chi connectivity index (χ2v) is 8.07. The first-order chi connectivity index (χ1) is 11.6. The van der Waals surface area contributed by atoms with Gasteiger partial charge in [0.05, 0.1) is 11.4 Å². The molecular weight excluding hydrogens is 379 g/mol. The maximum atomic E-state index is 13.7. The SMILES string of the molecule is CC(C(=O)Nc1ccc(Cl)cc1F)S(=O)(=O)Cc1ccc(F)c(F)c1. The average Bonchev–Trinajstić information content (AvgIpc) is 2.52. The van der Waals surface area contributed by atoms with Gasteiger partial charge in [-0.1, -0.05) is 17.7 Å². The quantitative estimate of drug-likeness (QED) is 0.845. The summed E-state index contributed by atoms with van der Waals surface area (Å²) in [4.78, 5) is 12.1. The van der Waals surface area contributed by atoms with Gasteiger partial charge in [-0.25, -0.2) is 21.6 Å². The summed E-state index contributed by atoms with van der Waals surface area (Å²) < 4.78 is 64.3. The van der Waals surface area contributed by atoms with Crippen molar-refractivity contribution in [3.8, 4) is 0 Å². The topological polar surface area (TPSA) is 63.2 Å². The number of halogens is 4. The molecule has 4 nitrogen and oxygen atoms in total. The first-order valence-electron chi connectivity index (χ1n) is 7.01. The van der Waals surface area contributed by atoms with Crippen molar-refractivity contribution in [1.82, 2.24) is 0 Å². The molecule has 0 saturated carbocycles. The molecule has 25 heavy (non-hydrogen) atoms. The van der Waals surface area contributed by atoms with E-state index in [-0.39, 0.29) is 16.3 Å². The van der Waals surface area contributed by atoms with E-state index in [9.17, 15) is 26.4 Å². The van der Waals surface area contributed by atoms with Gasteiger partial charge in [0.2, 0.25) is 5.91 Å². The summed E-state index contributed by atoms with van der Waals surface area (Å²) in [5, 5.41) is 0.752. The zero-order valence-electron chi connectivity index (χ0n) is 12.9. The van der Waals surface area contributed by atoms with E-state index in [1.165, 1.54) is 12.1 Å². The van der Waals surface area contributed by atoms with E-state index in [4.69, 9.17) is 11.6 Å². The minimum absolute atomic E-state index is 0.00350. The third kappa shape index (κ3) is 4.73. The van der Waals surface area contributed by atoms with E-state index < -0.39 is 44.2 Å². The number of benzene rings is 2. The van der Waals surface area contributed by atoms with Gasteiger partial charge >= 0.3 is 0 Å². The number of amides is 1. The fourth-order valence-electron chi connectivity index (χ4n) is 1.98. The fourth-order valence-corrected chi connectivity index (χ4v) is 3.41. The molecule has 0 saturated heterocycles. The Balaban J connectivity index is 2.15. The van der Waals surface area contributed by atoms with Crippen molar-refractivity contribution in [2.45, 2.75) is 17.9 Å². The Morgan fingerprint density at radius 2 is 1.76 bits per heavy atom. The molecule has 1 atom stereocenters. The van der Waals surface area contributed by atoms with Crippen molar-refractivity contribution in [3.05, 3.63) is 64.4 Å². The van der Waals surface area contributed by atoms with Crippen LogP contribution >= 0.6 is 11.6 Å². The molecule has 0 aliphatic rings. The largest absolute Gasteiger partial charge is 0.322 e. The van der Waals surface area contributed by atoms with Crippen LogP contribution in [0.4, 0.5) is 18.9 Å². The molecule has 0 spiro atoms. The monoisotopic (exact) mass is 391 g/mol. The Labute approximate surface area is 147 Å². The maximum Gasteiger partial charge on any atom is 0.242 e. The second kappa shape index (κ2) is 7.45. The highest BCUT2D eigenvalue weighted by Gasteiger charge is 2.29. The lowest BCUT2D eigenvalue weighted by molar-refractivity contribution is -0.115. The Morgan fingerprint density at radius 3 is 2.36 bits per heavy atom. The molecule has 1 amide bonds. The first-order valence-corrected chi connectivity index (χ1v) is 9.11. The summed E-state index contributed by atoms with van der Waals surface area (Å²) in [6.07, 6.45) is 0. The smallest absolute Gasteiger partial charge is 0.242 e. The number of carbonyl (C=O) groups excluding carboxylic acids is 1. The van der Waals surface area contributed by atoms with E-state index in [1.54, 1.807) is 0 Å². The lowest BCUT2D eigenvalue weighted by Gasteiger charge is -2.14. The molecule has 1 N–H and O–H groups in total. The standard InChI is InChI=1S/C16H13ClF3NO3S/c1-9(16(22)21-15-5-3-11(17)7-14(15)20)25(23,24)8-10-2-4-12(18)13(19)6-10/h2-7,9H,8H2,1H3,(H,21,22). The van der Waals surface area contributed by atoms with Crippen LogP contribution in [0.2, 0.25) is 5.02 Å². The van der Waals surface area contributed by atoms with Crippen molar-refractivity contribution in [1.29, 1.82) is 0 Å². The van der Waals surface area contributed by atoms with Crippen molar-refractivity contribution in [2.24, 2.45) is 0 Å². The summed E-state index contributed by atoms with van der Waals surface area (Å²) >= 11 is 5.60. The third-order valence-electron chi connectivity index (χ3n) is 3.45. The molecule has 0 bridgehead atoms. The molecule has 0 aliphatic heterocycles. The molecule has 1 unspecified atom stereocenters. The molecule has 0 aliphatic carbocycles. The molecule has 0 fully saturated rings. The average molecular weight is 392 g/mol. The van der Waals surface area contributed by atoms with Crippen molar-refractivity contribution in [3.63, 3.8) is 0 Å². The minimum Gasteiger partial charge on any atom is -0.322 e. The first kappa shape index (κ1) is 19.3. The molecule has 2 aromatic rings. The van der Waals surface area contributed by atoms with Crippen LogP contribution in [0.5, 0.6) is 0 Å². The molecule has 0 aromatic heterocycles. The molecular formula is C16H13ClF3NO3S. The molecule has 0 radical (unpaired) electrons. The van der Waals surface area contributed by atoms with E-state index in [0.717, 1.165) is 31.2 Å². The van der Waals surface area contributed by atoms with E-state index in [0.29, 0.717) is 0 Å². The number of rotatable bonds is 5. The summed E-state index contributed by atoms with van der Waals surface area (Å²) in [7, 11) is -4.03. The van der Waals surface area contributed by atoms with Gasteiger partial charge < -0.3 is 5.32 Å². The van der Waals surface area contributed by atoms with Crippen molar-refractivity contribution in [2.75, 3.05) is 5.32 Å². The zero-order valence-corrected chi connectivity index (χ0v) is 14.5. The Bertz CT molecular complexity index is 919. The number of hydrogen-bond donors (Lipinski definition) is 1. The molecule has 134 valence electrons. The van der Waals surface area contributed by atoms with Crippen LogP contribution in [-0.4, -0.2) is 19.6 Å². The van der Waals surface area contributed by atoms with Gasteiger partial charge in [0.25, 0.3) is 0 Å². The molecule has 2 rings (SSSR count). The fraction of sp³-hybridized carbons (Fsp3) is 0.188. The molecule has 0 heterocycles. The van der Waals surface area contributed by atoms with E-state index >= 15 is 0 Å². The van der Waals surface area contributed by atoms with Gasteiger partial charge in [0.15, 0.2) is 21.5 Å². The number of carbonyl (C=O) groups is 1. The second-order valence-electron chi connectivity index (χ2n) is 5.31. The van der Waals surface area contributed by atoms with Crippen molar-refractivity contribution < 1.29 is 26.4 Å². The number of sulfone groups is 1. The maximum absolute atomic E-state index is 13.7. The highest BCUT2D eigenvalue weighted by Crippen LogP contribution is 2.20. The van der Waals surface area contributed by atoms with Crippen molar-refractivity contribution >= 4 is 33.0 Å². The zero-order chi connectivity index (χ0) is 18.8. The minimum atomic E-state index is -4.03. The molecule has 2 aromatic carbocycles. The Morgan fingerprint density at radius 1 is 1.08 bits per heavy atom. The van der Waals surface area contributed by atoms with Gasteiger partial charge in [-0.2, -0.15) is 0 Å². The Hall–Kier alpha value is -2.06. The van der Waals surface area contributed by atoms with Crippen LogP contribution in [0.25, 0.3) is 0 Å². The number of anilines is 1. The van der Waals surface area contributed by atoms with E-state index in [1.807, 2.05) is 0 Å². The summed E-state index contributed by atoms with van der Waals surface area (Å²) in [5.74, 6) is -4.73. The van der Waals surface area contributed by atoms with Crippen LogP contribution in [-0.2, 0) is 20.4 Å².